The van der Waals surface area contributed by atoms with Gasteiger partial charge in [0.15, 0.2) is 0 Å². The molecule has 0 N–H and O–H groups in total. The predicted molar refractivity (Wildman–Crippen MR) is 58.6 cm³/mol. The van der Waals surface area contributed by atoms with E-state index >= 15 is 0 Å². The van der Waals surface area contributed by atoms with Crippen LogP contribution in [0.2, 0.25) is 0 Å². The summed E-state index contributed by atoms with van der Waals surface area (Å²) in [6.45, 7) is 8.92. The van der Waals surface area contributed by atoms with Crippen LogP contribution >= 0.6 is 0 Å². The van der Waals surface area contributed by atoms with E-state index in [-0.39, 0.29) is 0 Å². The first-order chi connectivity index (χ1) is 6.11. The van der Waals surface area contributed by atoms with Crippen LogP contribution in [0.1, 0.15) is 47.0 Å². The van der Waals surface area contributed by atoms with Crippen LogP contribution in [-0.4, -0.2) is 7.11 Å². The lowest BCUT2D eigenvalue weighted by Gasteiger charge is -2.15. The molecule has 1 nitrogen and oxygen atoms in total. The maximum atomic E-state index is 5.35. The van der Waals surface area contributed by atoms with Gasteiger partial charge in [-0.2, -0.15) is 0 Å². The van der Waals surface area contributed by atoms with Crippen LogP contribution in [0.5, 0.6) is 0 Å². The summed E-state index contributed by atoms with van der Waals surface area (Å²) in [5.74, 6) is 2.53. The van der Waals surface area contributed by atoms with Crippen molar-refractivity contribution in [3.05, 3.63) is 11.8 Å². The van der Waals surface area contributed by atoms with E-state index < -0.39 is 0 Å². The molecular formula is C12H24O. The molecule has 1 unspecified atom stereocenters. The van der Waals surface area contributed by atoms with Gasteiger partial charge in [0.25, 0.3) is 0 Å². The number of allylic oxidation sites excluding steroid dienone is 2. The van der Waals surface area contributed by atoms with E-state index in [9.17, 15) is 0 Å². The standard InChI is InChI=1S/C12H24O/c1-6-7-12(13-5)11(4)9-8-10(2)3/h7,10-11H,6,8-9H2,1-5H3/b12-7-. The SMILES string of the molecule is CC/C=C(\OC)C(C)CCC(C)C. The van der Waals surface area contributed by atoms with Crippen molar-refractivity contribution in [3.63, 3.8) is 0 Å². The molecule has 0 saturated carbocycles. The Morgan fingerprint density at radius 3 is 2.23 bits per heavy atom. The molecule has 0 aromatic carbocycles. The average molecular weight is 184 g/mol. The number of hydrogen-bond acceptors (Lipinski definition) is 1. The molecule has 0 bridgehead atoms. The Labute approximate surface area is 83.2 Å². The summed E-state index contributed by atoms with van der Waals surface area (Å²) < 4.78 is 5.35. The lowest BCUT2D eigenvalue weighted by atomic mass is 9.97. The van der Waals surface area contributed by atoms with E-state index in [1.165, 1.54) is 12.8 Å². The maximum absolute atomic E-state index is 5.35. The van der Waals surface area contributed by atoms with Gasteiger partial charge in [0.2, 0.25) is 0 Å². The summed E-state index contributed by atoms with van der Waals surface area (Å²) in [4.78, 5) is 0. The molecule has 78 valence electrons. The highest BCUT2D eigenvalue weighted by atomic mass is 16.5. The Balaban J connectivity index is 3.91. The summed E-state index contributed by atoms with van der Waals surface area (Å²) in [6.07, 6.45) is 5.77. The lowest BCUT2D eigenvalue weighted by molar-refractivity contribution is 0.236. The van der Waals surface area contributed by atoms with Gasteiger partial charge in [0.1, 0.15) is 0 Å². The molecule has 0 spiro atoms. The second kappa shape index (κ2) is 6.99. The summed E-state index contributed by atoms with van der Waals surface area (Å²) in [7, 11) is 1.77. The number of hydrogen-bond donors (Lipinski definition) is 0. The van der Waals surface area contributed by atoms with E-state index in [1.807, 2.05) is 0 Å². The van der Waals surface area contributed by atoms with E-state index in [2.05, 4.69) is 33.8 Å². The first-order valence-corrected chi connectivity index (χ1v) is 5.35. The first kappa shape index (κ1) is 12.5. The summed E-state index contributed by atoms with van der Waals surface area (Å²) in [6, 6.07) is 0. The second-order valence-electron chi connectivity index (χ2n) is 4.09. The molecule has 0 aliphatic carbocycles. The highest BCUT2D eigenvalue weighted by Crippen LogP contribution is 2.20. The molecule has 0 saturated heterocycles. The zero-order chi connectivity index (χ0) is 10.3. The Kier molecular flexibility index (Phi) is 6.75. The summed E-state index contributed by atoms with van der Waals surface area (Å²) in [5.41, 5.74) is 0. The number of ether oxygens (including phenoxy) is 1. The van der Waals surface area contributed by atoms with E-state index in [4.69, 9.17) is 4.74 Å². The average Bonchev–Trinajstić information content (AvgIpc) is 2.10. The topological polar surface area (TPSA) is 9.23 Å². The van der Waals surface area contributed by atoms with Gasteiger partial charge in [-0.15, -0.1) is 0 Å². The Hall–Kier alpha value is -0.460. The minimum Gasteiger partial charge on any atom is -0.501 e. The smallest absolute Gasteiger partial charge is 0.0943 e. The molecule has 1 atom stereocenters. The monoisotopic (exact) mass is 184 g/mol. The third kappa shape index (κ3) is 5.73. The van der Waals surface area contributed by atoms with Gasteiger partial charge in [-0.1, -0.05) is 34.1 Å². The fourth-order valence-electron chi connectivity index (χ4n) is 1.41. The molecule has 0 aromatic rings. The van der Waals surface area contributed by atoms with Crippen molar-refractivity contribution in [2.75, 3.05) is 7.11 Å². The van der Waals surface area contributed by atoms with Crippen molar-refractivity contribution in [3.8, 4) is 0 Å². The van der Waals surface area contributed by atoms with Gasteiger partial charge >= 0.3 is 0 Å². The third-order valence-electron chi connectivity index (χ3n) is 2.30. The second-order valence-corrected chi connectivity index (χ2v) is 4.09. The van der Waals surface area contributed by atoms with Crippen LogP contribution in [0, 0.1) is 11.8 Å². The Morgan fingerprint density at radius 2 is 1.85 bits per heavy atom. The summed E-state index contributed by atoms with van der Waals surface area (Å²) in [5, 5.41) is 0. The van der Waals surface area contributed by atoms with Crippen molar-refractivity contribution in [1.82, 2.24) is 0 Å². The molecule has 1 heteroatoms. The zero-order valence-electron chi connectivity index (χ0n) is 9.76. The molecule has 0 aromatic heterocycles. The first-order valence-electron chi connectivity index (χ1n) is 5.35. The van der Waals surface area contributed by atoms with Crippen molar-refractivity contribution < 1.29 is 4.74 Å². The minimum absolute atomic E-state index is 0.576. The van der Waals surface area contributed by atoms with E-state index in [0.29, 0.717) is 5.92 Å². The van der Waals surface area contributed by atoms with Gasteiger partial charge in [-0.25, -0.2) is 0 Å². The Bertz CT molecular complexity index is 147. The van der Waals surface area contributed by atoms with Crippen LogP contribution in [-0.2, 0) is 4.74 Å². The third-order valence-corrected chi connectivity index (χ3v) is 2.30. The van der Waals surface area contributed by atoms with Crippen LogP contribution in [0.15, 0.2) is 11.8 Å². The normalized spacial score (nSPS) is 14.8. The number of rotatable bonds is 6. The van der Waals surface area contributed by atoms with Crippen molar-refractivity contribution in [2.45, 2.75) is 47.0 Å². The van der Waals surface area contributed by atoms with Gasteiger partial charge in [0.05, 0.1) is 12.9 Å². The fourth-order valence-corrected chi connectivity index (χ4v) is 1.41. The summed E-state index contributed by atoms with van der Waals surface area (Å²) >= 11 is 0. The van der Waals surface area contributed by atoms with Crippen molar-refractivity contribution in [2.24, 2.45) is 11.8 Å². The maximum Gasteiger partial charge on any atom is 0.0943 e. The quantitative estimate of drug-likeness (QED) is 0.567. The van der Waals surface area contributed by atoms with Gasteiger partial charge in [0, 0.05) is 5.92 Å². The van der Waals surface area contributed by atoms with Crippen LogP contribution in [0.25, 0.3) is 0 Å². The van der Waals surface area contributed by atoms with Gasteiger partial charge < -0.3 is 4.74 Å². The molecule has 0 heterocycles. The molecule has 0 rings (SSSR count). The highest BCUT2D eigenvalue weighted by molar-refractivity contribution is 4.96. The molecule has 0 aliphatic rings. The lowest BCUT2D eigenvalue weighted by Crippen LogP contribution is -2.03. The van der Waals surface area contributed by atoms with Crippen molar-refractivity contribution >= 4 is 0 Å². The van der Waals surface area contributed by atoms with Gasteiger partial charge in [-0.05, 0) is 24.8 Å². The molecule has 0 radical (unpaired) electrons. The molecule has 0 amide bonds. The molecule has 0 fully saturated rings. The predicted octanol–water partition coefficient (Wildman–Crippen LogP) is 4.00. The van der Waals surface area contributed by atoms with E-state index in [1.54, 1.807) is 7.11 Å². The van der Waals surface area contributed by atoms with Crippen LogP contribution in [0.3, 0.4) is 0 Å². The van der Waals surface area contributed by atoms with E-state index in [0.717, 1.165) is 18.1 Å². The zero-order valence-corrected chi connectivity index (χ0v) is 9.76. The van der Waals surface area contributed by atoms with Crippen LogP contribution < -0.4 is 0 Å². The number of methoxy groups -OCH3 is 1. The van der Waals surface area contributed by atoms with Crippen LogP contribution in [0.4, 0.5) is 0 Å². The van der Waals surface area contributed by atoms with Crippen molar-refractivity contribution in [1.29, 1.82) is 0 Å². The molecule has 0 aliphatic heterocycles. The largest absolute Gasteiger partial charge is 0.501 e. The Morgan fingerprint density at radius 1 is 1.23 bits per heavy atom. The highest BCUT2D eigenvalue weighted by Gasteiger charge is 2.08. The molecular weight excluding hydrogens is 160 g/mol. The van der Waals surface area contributed by atoms with Gasteiger partial charge in [-0.3, -0.25) is 0 Å². The minimum atomic E-state index is 0.576. The molecule has 13 heavy (non-hydrogen) atoms. The fraction of sp³-hybridized carbons (Fsp3) is 0.833.